The first-order valence-corrected chi connectivity index (χ1v) is 10.2. The van der Waals surface area contributed by atoms with Gasteiger partial charge in [-0.2, -0.15) is 0 Å². The number of carboxylic acids is 1. The zero-order valence-corrected chi connectivity index (χ0v) is 16.8. The fraction of sp³-hybridized carbons (Fsp3) is 0.304. The van der Waals surface area contributed by atoms with Crippen LogP contribution in [0.2, 0.25) is 5.02 Å². The van der Waals surface area contributed by atoms with Crippen molar-refractivity contribution in [3.05, 3.63) is 70.4 Å². The maximum absolute atomic E-state index is 12.8. The van der Waals surface area contributed by atoms with Gasteiger partial charge in [0.2, 0.25) is 5.91 Å². The summed E-state index contributed by atoms with van der Waals surface area (Å²) in [5.74, 6) is -1.27. The molecule has 3 N–H and O–H groups in total. The molecule has 1 saturated carbocycles. The molecule has 0 spiro atoms. The van der Waals surface area contributed by atoms with E-state index in [4.69, 9.17) is 11.6 Å². The van der Waals surface area contributed by atoms with Crippen molar-refractivity contribution < 1.29 is 14.7 Å². The van der Waals surface area contributed by atoms with Crippen LogP contribution < -0.4 is 5.32 Å². The molecule has 1 aliphatic rings. The molecule has 0 atom stereocenters. The van der Waals surface area contributed by atoms with Gasteiger partial charge in [-0.1, -0.05) is 54.8 Å². The van der Waals surface area contributed by atoms with Gasteiger partial charge in [0.15, 0.2) is 0 Å². The van der Waals surface area contributed by atoms with Crippen molar-refractivity contribution in [2.75, 3.05) is 6.54 Å². The van der Waals surface area contributed by atoms with Gasteiger partial charge in [-0.15, -0.1) is 0 Å². The van der Waals surface area contributed by atoms with Crippen molar-refractivity contribution in [1.82, 2.24) is 10.3 Å². The minimum Gasteiger partial charge on any atom is -0.477 e. The van der Waals surface area contributed by atoms with Gasteiger partial charge in [-0.3, -0.25) is 4.79 Å². The highest BCUT2D eigenvalue weighted by Gasteiger charge is 2.35. The number of aromatic nitrogens is 1. The normalized spacial score (nSPS) is 15.5. The summed E-state index contributed by atoms with van der Waals surface area (Å²) >= 11 is 6.09. The standard InChI is InChI=1S/C23H23ClN2O3/c24-16-8-9-19-17(12-16)18(21(26-19)22(28)29)13-20(27)25-14-23(10-4-5-11-23)15-6-2-1-3-7-15/h1-3,6-9,12,26H,4-5,10-11,13-14H2,(H,25,27)(H,28,29). The first kappa shape index (κ1) is 19.5. The highest BCUT2D eigenvalue weighted by Crippen LogP contribution is 2.40. The molecule has 1 aliphatic carbocycles. The summed E-state index contributed by atoms with van der Waals surface area (Å²) in [5.41, 5.74) is 2.37. The Balaban J connectivity index is 1.55. The number of hydrogen-bond acceptors (Lipinski definition) is 2. The summed E-state index contributed by atoms with van der Waals surface area (Å²) in [4.78, 5) is 27.3. The third-order valence-corrected chi connectivity index (χ3v) is 6.23. The number of aromatic amines is 1. The van der Waals surface area contributed by atoms with E-state index in [1.165, 1.54) is 5.56 Å². The maximum atomic E-state index is 12.8. The van der Waals surface area contributed by atoms with Crippen LogP contribution in [0.3, 0.4) is 0 Å². The number of fused-ring (bicyclic) bond motifs is 1. The van der Waals surface area contributed by atoms with Crippen molar-refractivity contribution in [3.63, 3.8) is 0 Å². The number of halogens is 1. The van der Waals surface area contributed by atoms with E-state index in [-0.39, 0.29) is 23.4 Å². The second kappa shape index (κ2) is 7.91. The number of carboxylic acid groups (broad SMARTS) is 1. The number of carbonyl (C=O) groups excluding carboxylic acids is 1. The molecular weight excluding hydrogens is 388 g/mol. The summed E-state index contributed by atoms with van der Waals surface area (Å²) in [5, 5.41) is 13.8. The first-order valence-electron chi connectivity index (χ1n) is 9.84. The van der Waals surface area contributed by atoms with E-state index in [0.29, 0.717) is 28.0 Å². The smallest absolute Gasteiger partial charge is 0.352 e. The fourth-order valence-electron chi connectivity index (χ4n) is 4.49. The molecule has 1 fully saturated rings. The van der Waals surface area contributed by atoms with Crippen molar-refractivity contribution in [3.8, 4) is 0 Å². The Kier molecular flexibility index (Phi) is 5.33. The zero-order chi connectivity index (χ0) is 20.4. The van der Waals surface area contributed by atoms with Crippen LogP contribution in [0.15, 0.2) is 48.5 Å². The molecule has 29 heavy (non-hydrogen) atoms. The van der Waals surface area contributed by atoms with Crippen LogP contribution in [-0.4, -0.2) is 28.5 Å². The SMILES string of the molecule is O=C(Cc1c(C(=O)O)[nH]c2ccc(Cl)cc12)NCC1(c2ccccc2)CCCC1. The molecule has 4 rings (SSSR count). The van der Waals surface area contributed by atoms with Gasteiger partial charge in [0.1, 0.15) is 5.69 Å². The Hall–Kier alpha value is -2.79. The monoisotopic (exact) mass is 410 g/mol. The zero-order valence-electron chi connectivity index (χ0n) is 16.0. The van der Waals surface area contributed by atoms with Crippen LogP contribution in [0.5, 0.6) is 0 Å². The van der Waals surface area contributed by atoms with Crippen LogP contribution in [0.25, 0.3) is 10.9 Å². The number of carbonyl (C=O) groups is 2. The van der Waals surface area contributed by atoms with Gasteiger partial charge in [0, 0.05) is 33.4 Å². The van der Waals surface area contributed by atoms with Crippen LogP contribution in [-0.2, 0) is 16.6 Å². The minimum absolute atomic E-state index is 0.00710. The largest absolute Gasteiger partial charge is 0.477 e. The quantitative estimate of drug-likeness (QED) is 0.551. The average molecular weight is 411 g/mol. The number of nitrogens with one attached hydrogen (secondary N) is 2. The van der Waals surface area contributed by atoms with Gasteiger partial charge in [0.25, 0.3) is 0 Å². The van der Waals surface area contributed by atoms with Gasteiger partial charge in [-0.25, -0.2) is 4.79 Å². The Morgan fingerprint density at radius 3 is 2.52 bits per heavy atom. The Morgan fingerprint density at radius 2 is 1.83 bits per heavy atom. The highest BCUT2D eigenvalue weighted by atomic mass is 35.5. The Bertz CT molecular complexity index is 1050. The third-order valence-electron chi connectivity index (χ3n) is 5.99. The summed E-state index contributed by atoms with van der Waals surface area (Å²) in [7, 11) is 0. The molecule has 0 saturated heterocycles. The lowest BCUT2D eigenvalue weighted by Gasteiger charge is -2.30. The molecule has 6 heteroatoms. The number of aromatic carboxylic acids is 1. The number of H-pyrrole nitrogens is 1. The predicted octanol–water partition coefficient (Wildman–Crippen LogP) is 4.69. The topological polar surface area (TPSA) is 82.2 Å². The second-order valence-corrected chi connectivity index (χ2v) is 8.22. The summed E-state index contributed by atoms with van der Waals surface area (Å²) < 4.78 is 0. The van der Waals surface area contributed by atoms with E-state index in [9.17, 15) is 14.7 Å². The van der Waals surface area contributed by atoms with E-state index in [2.05, 4.69) is 22.4 Å². The van der Waals surface area contributed by atoms with E-state index >= 15 is 0 Å². The van der Waals surface area contributed by atoms with Crippen molar-refractivity contribution in [2.45, 2.75) is 37.5 Å². The predicted molar refractivity (Wildman–Crippen MR) is 114 cm³/mol. The van der Waals surface area contributed by atoms with Crippen LogP contribution >= 0.6 is 11.6 Å². The average Bonchev–Trinajstić information content (AvgIpc) is 3.33. The van der Waals surface area contributed by atoms with E-state index in [0.717, 1.165) is 25.7 Å². The molecule has 0 unspecified atom stereocenters. The number of benzene rings is 2. The fourth-order valence-corrected chi connectivity index (χ4v) is 4.66. The number of rotatable bonds is 6. The molecule has 0 aliphatic heterocycles. The maximum Gasteiger partial charge on any atom is 0.352 e. The van der Waals surface area contributed by atoms with Crippen LogP contribution in [0, 0.1) is 0 Å². The summed E-state index contributed by atoms with van der Waals surface area (Å²) in [6, 6.07) is 15.4. The van der Waals surface area contributed by atoms with Crippen LogP contribution in [0.1, 0.15) is 47.3 Å². The molecule has 0 bridgehead atoms. The van der Waals surface area contributed by atoms with Crippen molar-refractivity contribution >= 4 is 34.4 Å². The summed E-state index contributed by atoms with van der Waals surface area (Å²) in [6.45, 7) is 0.557. The van der Waals surface area contributed by atoms with E-state index < -0.39 is 5.97 Å². The summed E-state index contributed by atoms with van der Waals surface area (Å²) in [6.07, 6.45) is 4.37. The molecule has 3 aromatic rings. The lowest BCUT2D eigenvalue weighted by atomic mass is 9.79. The molecule has 1 heterocycles. The van der Waals surface area contributed by atoms with Crippen molar-refractivity contribution in [1.29, 1.82) is 0 Å². The molecular formula is C23H23ClN2O3. The van der Waals surface area contributed by atoms with E-state index in [1.807, 2.05) is 18.2 Å². The molecule has 150 valence electrons. The molecule has 1 aromatic heterocycles. The Labute approximate surface area is 174 Å². The lowest BCUT2D eigenvalue weighted by molar-refractivity contribution is -0.120. The number of hydrogen-bond donors (Lipinski definition) is 3. The van der Waals surface area contributed by atoms with Gasteiger partial charge >= 0.3 is 5.97 Å². The first-order chi connectivity index (χ1) is 14.0. The Morgan fingerprint density at radius 1 is 1.10 bits per heavy atom. The van der Waals surface area contributed by atoms with Gasteiger partial charge in [-0.05, 0) is 36.6 Å². The van der Waals surface area contributed by atoms with Gasteiger partial charge in [0.05, 0.1) is 6.42 Å². The van der Waals surface area contributed by atoms with Crippen LogP contribution in [0.4, 0.5) is 0 Å². The number of amides is 1. The molecule has 1 amide bonds. The molecule has 5 nitrogen and oxygen atoms in total. The lowest BCUT2D eigenvalue weighted by Crippen LogP contribution is -2.39. The van der Waals surface area contributed by atoms with Crippen molar-refractivity contribution in [2.24, 2.45) is 0 Å². The minimum atomic E-state index is -1.09. The van der Waals surface area contributed by atoms with Gasteiger partial charge < -0.3 is 15.4 Å². The third kappa shape index (κ3) is 3.87. The highest BCUT2D eigenvalue weighted by molar-refractivity contribution is 6.31. The second-order valence-electron chi connectivity index (χ2n) is 7.78. The van der Waals surface area contributed by atoms with E-state index in [1.54, 1.807) is 18.2 Å². The molecule has 0 radical (unpaired) electrons. The molecule has 2 aromatic carbocycles.